The molecular formula is C11H12O4. The molecule has 0 fully saturated rings. The van der Waals surface area contributed by atoms with Crippen LogP contribution in [0.25, 0.3) is 0 Å². The second-order valence-corrected chi connectivity index (χ2v) is 3.43. The van der Waals surface area contributed by atoms with Crippen LogP contribution in [0.4, 0.5) is 0 Å². The van der Waals surface area contributed by atoms with Gasteiger partial charge < -0.3 is 14.6 Å². The Labute approximate surface area is 87.4 Å². The highest BCUT2D eigenvalue weighted by molar-refractivity contribution is 5.89. The lowest BCUT2D eigenvalue weighted by molar-refractivity contribution is 0.0600. The van der Waals surface area contributed by atoms with E-state index in [0.717, 1.165) is 11.3 Å². The van der Waals surface area contributed by atoms with Gasteiger partial charge in [-0.05, 0) is 18.2 Å². The van der Waals surface area contributed by atoms with Gasteiger partial charge in [-0.2, -0.15) is 0 Å². The molecule has 4 heteroatoms. The van der Waals surface area contributed by atoms with Gasteiger partial charge >= 0.3 is 5.97 Å². The van der Waals surface area contributed by atoms with Crippen LogP contribution < -0.4 is 4.74 Å². The number of hydrogen-bond donors (Lipinski definition) is 1. The van der Waals surface area contributed by atoms with Gasteiger partial charge in [0.15, 0.2) is 0 Å². The summed E-state index contributed by atoms with van der Waals surface area (Å²) in [4.78, 5) is 11.3. The predicted molar refractivity (Wildman–Crippen MR) is 53.1 cm³/mol. The number of carbonyl (C=O) groups is 1. The molecule has 15 heavy (non-hydrogen) atoms. The molecule has 0 aromatic heterocycles. The van der Waals surface area contributed by atoms with Gasteiger partial charge in [0.1, 0.15) is 5.75 Å². The Morgan fingerprint density at radius 2 is 2.47 bits per heavy atom. The maximum absolute atomic E-state index is 11.3. The van der Waals surface area contributed by atoms with Crippen LogP contribution in [-0.4, -0.2) is 31.4 Å². The first kappa shape index (κ1) is 9.98. The average Bonchev–Trinajstić information content (AvgIpc) is 2.69. The molecule has 1 N–H and O–H groups in total. The summed E-state index contributed by atoms with van der Waals surface area (Å²) in [5.41, 5.74) is 1.36. The zero-order chi connectivity index (χ0) is 10.8. The monoisotopic (exact) mass is 208 g/mol. The van der Waals surface area contributed by atoms with Gasteiger partial charge in [-0.3, -0.25) is 0 Å². The molecule has 0 saturated heterocycles. The van der Waals surface area contributed by atoms with Gasteiger partial charge in [-0.15, -0.1) is 0 Å². The Hall–Kier alpha value is -1.55. The third-order valence-electron chi connectivity index (χ3n) is 2.53. The molecule has 1 atom stereocenters. The van der Waals surface area contributed by atoms with Crippen molar-refractivity contribution in [3.8, 4) is 5.75 Å². The van der Waals surface area contributed by atoms with Crippen LogP contribution in [0.1, 0.15) is 21.8 Å². The van der Waals surface area contributed by atoms with Gasteiger partial charge in [-0.25, -0.2) is 4.79 Å². The topological polar surface area (TPSA) is 55.8 Å². The van der Waals surface area contributed by atoms with Gasteiger partial charge in [-0.1, -0.05) is 0 Å². The molecule has 1 aromatic carbocycles. The van der Waals surface area contributed by atoms with Crippen molar-refractivity contribution < 1.29 is 19.4 Å². The molecule has 80 valence electrons. The van der Waals surface area contributed by atoms with Crippen molar-refractivity contribution in [2.75, 3.05) is 20.3 Å². The number of methoxy groups -OCH3 is 1. The third-order valence-corrected chi connectivity index (χ3v) is 2.53. The van der Waals surface area contributed by atoms with E-state index in [1.54, 1.807) is 18.2 Å². The summed E-state index contributed by atoms with van der Waals surface area (Å²) >= 11 is 0. The Kier molecular flexibility index (Phi) is 2.60. The summed E-state index contributed by atoms with van der Waals surface area (Å²) in [7, 11) is 1.34. The summed E-state index contributed by atoms with van der Waals surface area (Å²) in [5.74, 6) is 0.327. The molecule has 0 amide bonds. The molecule has 0 bridgehead atoms. The minimum absolute atomic E-state index is 0.0254. The standard InChI is InChI=1S/C11H12O4/c1-14-11(13)7-2-3-10-9(4-7)8(5-12)6-15-10/h2-4,8,12H,5-6H2,1H3. The van der Waals surface area contributed by atoms with Crippen molar-refractivity contribution >= 4 is 5.97 Å². The molecule has 0 saturated carbocycles. The third kappa shape index (κ3) is 1.68. The quantitative estimate of drug-likeness (QED) is 0.735. The van der Waals surface area contributed by atoms with Crippen LogP contribution in [0.3, 0.4) is 0 Å². The molecule has 0 radical (unpaired) electrons. The Morgan fingerprint density at radius 1 is 1.67 bits per heavy atom. The maximum Gasteiger partial charge on any atom is 0.337 e. The van der Waals surface area contributed by atoms with E-state index in [1.165, 1.54) is 7.11 Å². The van der Waals surface area contributed by atoms with Crippen molar-refractivity contribution in [1.29, 1.82) is 0 Å². The van der Waals surface area contributed by atoms with E-state index in [0.29, 0.717) is 12.2 Å². The van der Waals surface area contributed by atoms with Crippen LogP contribution in [0.5, 0.6) is 5.75 Å². The number of hydrogen-bond acceptors (Lipinski definition) is 4. The molecule has 2 rings (SSSR count). The van der Waals surface area contributed by atoms with E-state index in [1.807, 2.05) is 0 Å². The molecule has 1 unspecified atom stereocenters. The molecule has 1 aliphatic heterocycles. The molecule has 0 spiro atoms. The normalized spacial score (nSPS) is 18.1. The molecule has 1 aliphatic rings. The van der Waals surface area contributed by atoms with E-state index in [4.69, 9.17) is 9.84 Å². The van der Waals surface area contributed by atoms with E-state index in [-0.39, 0.29) is 18.5 Å². The predicted octanol–water partition coefficient (Wildman–Crippen LogP) is 0.942. The first-order valence-corrected chi connectivity index (χ1v) is 4.72. The summed E-state index contributed by atoms with van der Waals surface area (Å²) < 4.78 is 9.98. The fraction of sp³-hybridized carbons (Fsp3) is 0.364. The van der Waals surface area contributed by atoms with Crippen LogP contribution in [-0.2, 0) is 4.74 Å². The Bertz CT molecular complexity index is 386. The number of aliphatic hydroxyl groups is 1. The number of ether oxygens (including phenoxy) is 2. The summed E-state index contributed by atoms with van der Waals surface area (Å²) in [6, 6.07) is 5.11. The SMILES string of the molecule is COC(=O)c1ccc2c(c1)C(CO)CO2. The minimum atomic E-state index is -0.374. The fourth-order valence-electron chi connectivity index (χ4n) is 1.67. The number of aliphatic hydroxyl groups excluding tert-OH is 1. The number of carbonyl (C=O) groups excluding carboxylic acids is 1. The summed E-state index contributed by atoms with van der Waals surface area (Å²) in [5, 5.41) is 9.10. The van der Waals surface area contributed by atoms with E-state index in [2.05, 4.69) is 4.74 Å². The van der Waals surface area contributed by atoms with Crippen LogP contribution in [0.2, 0.25) is 0 Å². The highest BCUT2D eigenvalue weighted by Crippen LogP contribution is 2.34. The second kappa shape index (κ2) is 3.90. The number of esters is 1. The fourth-order valence-corrected chi connectivity index (χ4v) is 1.67. The Morgan fingerprint density at radius 3 is 3.13 bits per heavy atom. The van der Waals surface area contributed by atoms with E-state index in [9.17, 15) is 4.79 Å². The van der Waals surface area contributed by atoms with Crippen LogP contribution in [0.15, 0.2) is 18.2 Å². The van der Waals surface area contributed by atoms with Crippen molar-refractivity contribution in [2.45, 2.75) is 5.92 Å². The highest BCUT2D eigenvalue weighted by Gasteiger charge is 2.24. The number of rotatable bonds is 2. The molecule has 4 nitrogen and oxygen atoms in total. The lowest BCUT2D eigenvalue weighted by Gasteiger charge is -2.05. The lowest BCUT2D eigenvalue weighted by atomic mass is 10.00. The Balaban J connectivity index is 2.36. The number of fused-ring (bicyclic) bond motifs is 1. The van der Waals surface area contributed by atoms with Crippen molar-refractivity contribution in [2.24, 2.45) is 0 Å². The average molecular weight is 208 g/mol. The zero-order valence-corrected chi connectivity index (χ0v) is 8.40. The lowest BCUT2D eigenvalue weighted by Crippen LogP contribution is -2.06. The van der Waals surface area contributed by atoms with E-state index >= 15 is 0 Å². The first-order valence-electron chi connectivity index (χ1n) is 4.72. The smallest absolute Gasteiger partial charge is 0.337 e. The van der Waals surface area contributed by atoms with Gasteiger partial charge in [0, 0.05) is 11.5 Å². The van der Waals surface area contributed by atoms with Crippen molar-refractivity contribution in [1.82, 2.24) is 0 Å². The second-order valence-electron chi connectivity index (χ2n) is 3.43. The zero-order valence-electron chi connectivity index (χ0n) is 8.40. The molecule has 0 aliphatic carbocycles. The molecular weight excluding hydrogens is 196 g/mol. The van der Waals surface area contributed by atoms with E-state index < -0.39 is 0 Å². The molecule has 1 aromatic rings. The van der Waals surface area contributed by atoms with Gasteiger partial charge in [0.2, 0.25) is 0 Å². The maximum atomic E-state index is 11.3. The minimum Gasteiger partial charge on any atom is -0.493 e. The highest BCUT2D eigenvalue weighted by atomic mass is 16.5. The van der Waals surface area contributed by atoms with Crippen LogP contribution in [0, 0.1) is 0 Å². The van der Waals surface area contributed by atoms with Crippen molar-refractivity contribution in [3.05, 3.63) is 29.3 Å². The molecule has 1 heterocycles. The summed E-state index contributed by atoms with van der Waals surface area (Å²) in [6.45, 7) is 0.494. The van der Waals surface area contributed by atoms with Gasteiger partial charge in [0.05, 0.1) is 25.9 Å². The van der Waals surface area contributed by atoms with Gasteiger partial charge in [0.25, 0.3) is 0 Å². The summed E-state index contributed by atoms with van der Waals surface area (Å²) in [6.07, 6.45) is 0. The largest absolute Gasteiger partial charge is 0.493 e. The van der Waals surface area contributed by atoms with Crippen molar-refractivity contribution in [3.63, 3.8) is 0 Å². The number of benzene rings is 1. The first-order chi connectivity index (χ1) is 7.26. The van der Waals surface area contributed by atoms with Crippen LogP contribution >= 0.6 is 0 Å².